The number of hydrogen-bond donors (Lipinski definition) is 0. The van der Waals surface area contributed by atoms with Crippen LogP contribution in [0.5, 0.6) is 0 Å². The van der Waals surface area contributed by atoms with Crippen LogP contribution in [0.2, 0.25) is 0 Å². The van der Waals surface area contributed by atoms with Gasteiger partial charge in [-0.15, -0.1) is 22.7 Å². The predicted molar refractivity (Wildman–Crippen MR) is 145 cm³/mol. The molecule has 4 aromatic heterocycles. The second-order valence-corrected chi connectivity index (χ2v) is 10.9. The van der Waals surface area contributed by atoms with Gasteiger partial charge in [-0.2, -0.15) is 4.37 Å². The van der Waals surface area contributed by atoms with Gasteiger partial charge in [0.25, 0.3) is 0 Å². The number of nitrogens with zero attached hydrogens (tertiary/aromatic N) is 5. The van der Waals surface area contributed by atoms with Gasteiger partial charge in [0.1, 0.15) is 11.3 Å². The van der Waals surface area contributed by atoms with E-state index in [1.54, 1.807) is 29.0 Å². The Bertz CT molecular complexity index is 827. The Morgan fingerprint density at radius 3 is 1.64 bits per heavy atom. The van der Waals surface area contributed by atoms with Crippen LogP contribution in [-0.2, 0) is 0 Å². The summed E-state index contributed by atoms with van der Waals surface area (Å²) in [6, 6.07) is 6.00. The number of aromatic nitrogens is 5. The maximum Gasteiger partial charge on any atom is 0.129 e. The number of rotatable bonds is 4. The van der Waals surface area contributed by atoms with Crippen LogP contribution in [-0.4, -0.2) is 24.3 Å². The van der Waals surface area contributed by atoms with E-state index in [1.807, 2.05) is 41.5 Å². The highest BCUT2D eigenvalue weighted by atomic mass is 32.1. The van der Waals surface area contributed by atoms with Gasteiger partial charge in [-0.3, -0.25) is 4.98 Å². The van der Waals surface area contributed by atoms with E-state index in [2.05, 4.69) is 85.1 Å². The van der Waals surface area contributed by atoms with Crippen molar-refractivity contribution in [2.75, 3.05) is 0 Å². The SMILES string of the molecule is CC(C)c1ccccn1.CC(C)c1cscn1.CC(C)c1nccs1.CC(C)c1ncns1. The van der Waals surface area contributed by atoms with Crippen LogP contribution in [0.25, 0.3) is 0 Å². The lowest BCUT2D eigenvalue weighted by Crippen LogP contribution is -1.88. The van der Waals surface area contributed by atoms with Crippen molar-refractivity contribution in [1.29, 1.82) is 0 Å². The molecule has 8 heteroatoms. The summed E-state index contributed by atoms with van der Waals surface area (Å²) in [6.45, 7) is 17.1. The molecule has 5 nitrogen and oxygen atoms in total. The minimum Gasteiger partial charge on any atom is -0.261 e. The van der Waals surface area contributed by atoms with Gasteiger partial charge < -0.3 is 0 Å². The topological polar surface area (TPSA) is 64.5 Å². The van der Waals surface area contributed by atoms with Crippen molar-refractivity contribution in [3.63, 3.8) is 0 Å². The molecule has 4 heterocycles. The van der Waals surface area contributed by atoms with Crippen molar-refractivity contribution >= 4 is 34.2 Å². The van der Waals surface area contributed by atoms with E-state index in [4.69, 9.17) is 0 Å². The Balaban J connectivity index is 0.000000220. The minimum absolute atomic E-state index is 0.530. The third-order valence-corrected chi connectivity index (χ3v) is 6.78. The molecule has 0 N–H and O–H groups in total. The Morgan fingerprint density at radius 1 is 0.667 bits per heavy atom. The van der Waals surface area contributed by atoms with Gasteiger partial charge in [0.15, 0.2) is 0 Å². The van der Waals surface area contributed by atoms with Crippen molar-refractivity contribution in [3.05, 3.63) is 74.6 Å². The van der Waals surface area contributed by atoms with Gasteiger partial charge >= 0.3 is 0 Å². The summed E-state index contributed by atoms with van der Waals surface area (Å²) in [6.07, 6.45) is 5.27. The molecule has 33 heavy (non-hydrogen) atoms. The third-order valence-electron chi connectivity index (χ3n) is 4.14. The summed E-state index contributed by atoms with van der Waals surface area (Å²) in [4.78, 5) is 16.5. The lowest BCUT2D eigenvalue weighted by Gasteiger charge is -2.00. The second-order valence-electron chi connectivity index (χ2n) is 8.44. The summed E-state index contributed by atoms with van der Waals surface area (Å²) in [5, 5.41) is 6.44. The van der Waals surface area contributed by atoms with E-state index in [0.717, 1.165) is 10.7 Å². The van der Waals surface area contributed by atoms with Crippen LogP contribution in [0, 0.1) is 0 Å². The molecular weight excluding hydrogens is 467 g/mol. The fraction of sp³-hybridized carbons (Fsp3) is 0.480. The van der Waals surface area contributed by atoms with Crippen molar-refractivity contribution < 1.29 is 0 Å². The summed E-state index contributed by atoms with van der Waals surface area (Å²) in [5.74, 6) is 2.25. The van der Waals surface area contributed by atoms with Crippen molar-refractivity contribution in [3.8, 4) is 0 Å². The molecule has 180 valence electrons. The molecule has 0 aliphatic carbocycles. The second kappa shape index (κ2) is 16.6. The van der Waals surface area contributed by atoms with Gasteiger partial charge in [-0.1, -0.05) is 61.5 Å². The Hall–Kier alpha value is -2.03. The largest absolute Gasteiger partial charge is 0.261 e. The first-order chi connectivity index (χ1) is 15.7. The lowest BCUT2D eigenvalue weighted by molar-refractivity contribution is 0.823. The number of thiazole rings is 2. The molecule has 0 aliphatic rings. The normalized spacial score (nSPS) is 10.3. The molecule has 0 bridgehead atoms. The van der Waals surface area contributed by atoms with Gasteiger partial charge in [-0.05, 0) is 35.5 Å². The molecule has 0 atom stereocenters. The minimum atomic E-state index is 0.530. The molecule has 4 aromatic rings. The van der Waals surface area contributed by atoms with Crippen molar-refractivity contribution in [2.45, 2.75) is 79.1 Å². The summed E-state index contributed by atoms with van der Waals surface area (Å²) in [7, 11) is 0. The molecule has 0 radical (unpaired) electrons. The molecule has 0 spiro atoms. The molecule has 0 saturated carbocycles. The quantitative estimate of drug-likeness (QED) is 0.280. The maximum absolute atomic E-state index is 4.18. The van der Waals surface area contributed by atoms with Crippen molar-refractivity contribution in [2.24, 2.45) is 0 Å². The zero-order valence-corrected chi connectivity index (χ0v) is 23.4. The van der Waals surface area contributed by atoms with Gasteiger partial charge in [0.05, 0.1) is 16.2 Å². The van der Waals surface area contributed by atoms with E-state index < -0.39 is 0 Å². The molecule has 0 amide bonds. The zero-order valence-electron chi connectivity index (χ0n) is 21.0. The molecule has 0 unspecified atom stereocenters. The first-order valence-electron chi connectivity index (χ1n) is 11.2. The zero-order chi connectivity index (χ0) is 24.6. The highest BCUT2D eigenvalue weighted by Gasteiger charge is 2.00. The van der Waals surface area contributed by atoms with Crippen LogP contribution in [0.15, 0.2) is 53.2 Å². The van der Waals surface area contributed by atoms with Gasteiger partial charge in [0, 0.05) is 40.7 Å². The average molecular weight is 504 g/mol. The number of hydrogen-bond acceptors (Lipinski definition) is 8. The Morgan fingerprint density at radius 2 is 1.36 bits per heavy atom. The molecular formula is C25H37N5S3. The average Bonchev–Trinajstić information content (AvgIpc) is 3.59. The summed E-state index contributed by atoms with van der Waals surface area (Å²) in [5.41, 5.74) is 4.24. The lowest BCUT2D eigenvalue weighted by atomic mass is 10.1. The third kappa shape index (κ3) is 12.7. The van der Waals surface area contributed by atoms with Crippen LogP contribution in [0.3, 0.4) is 0 Å². The molecule has 0 fully saturated rings. The first-order valence-corrected chi connectivity index (χ1v) is 13.8. The van der Waals surface area contributed by atoms with E-state index in [1.165, 1.54) is 22.2 Å². The predicted octanol–water partition coefficient (Wildman–Crippen LogP) is 8.40. The van der Waals surface area contributed by atoms with E-state index >= 15 is 0 Å². The maximum atomic E-state index is 4.18. The van der Waals surface area contributed by atoms with Crippen LogP contribution in [0.1, 0.15) is 100 Å². The number of pyridine rings is 1. The van der Waals surface area contributed by atoms with Crippen molar-refractivity contribution in [1.82, 2.24) is 24.3 Å². The Kier molecular flexibility index (Phi) is 14.6. The van der Waals surface area contributed by atoms with Gasteiger partial charge in [0.2, 0.25) is 0 Å². The van der Waals surface area contributed by atoms with E-state index in [9.17, 15) is 0 Å². The van der Waals surface area contributed by atoms with E-state index in [-0.39, 0.29) is 0 Å². The fourth-order valence-electron chi connectivity index (χ4n) is 2.18. The van der Waals surface area contributed by atoms with Gasteiger partial charge in [-0.25, -0.2) is 15.0 Å². The van der Waals surface area contributed by atoms with Crippen LogP contribution in [0.4, 0.5) is 0 Å². The standard InChI is InChI=1S/C8H11N.2C6H9NS.C5H8N2S/c1-7(2)8-5-3-4-6-9-8;1-5(2)6-3-8-4-7-6;1-5(2)6-7-3-4-8-6;1-4(2)5-6-3-7-8-5/h3-7H,1-2H3;2*3-5H,1-2H3;3-4H,1-2H3. The molecule has 4 rings (SSSR count). The molecule has 0 saturated heterocycles. The summed E-state index contributed by atoms with van der Waals surface area (Å²) < 4.78 is 3.87. The Labute approximate surface area is 211 Å². The summed E-state index contributed by atoms with van der Waals surface area (Å²) >= 11 is 4.85. The van der Waals surface area contributed by atoms with Crippen LogP contribution >= 0.6 is 34.2 Å². The fourth-order valence-corrected chi connectivity index (χ4v) is 4.06. The molecule has 0 aromatic carbocycles. The smallest absolute Gasteiger partial charge is 0.129 e. The first kappa shape index (κ1) is 29.0. The van der Waals surface area contributed by atoms with Crippen LogP contribution < -0.4 is 0 Å². The molecule has 0 aliphatic heterocycles. The monoisotopic (exact) mass is 503 g/mol. The van der Waals surface area contributed by atoms with E-state index in [0.29, 0.717) is 23.7 Å². The highest BCUT2D eigenvalue weighted by molar-refractivity contribution is 7.09. The highest BCUT2D eigenvalue weighted by Crippen LogP contribution is 2.15.